The Hall–Kier alpha value is -0.530. The summed E-state index contributed by atoms with van der Waals surface area (Å²) in [6.45, 7) is 2.07. The lowest BCUT2D eigenvalue weighted by Crippen LogP contribution is -2.22. The third kappa shape index (κ3) is 2.49. The van der Waals surface area contributed by atoms with Gasteiger partial charge in [-0.05, 0) is 55.9 Å². The maximum Gasteiger partial charge on any atom is 0.0411 e. The number of benzene rings is 1. The van der Waals surface area contributed by atoms with Gasteiger partial charge in [-0.15, -0.1) is 0 Å². The van der Waals surface area contributed by atoms with E-state index in [1.807, 2.05) is 12.1 Å². The highest BCUT2D eigenvalue weighted by molar-refractivity contribution is 6.30. The van der Waals surface area contributed by atoms with Crippen molar-refractivity contribution in [1.29, 1.82) is 0 Å². The van der Waals surface area contributed by atoms with Gasteiger partial charge in [0.25, 0.3) is 0 Å². The minimum absolute atomic E-state index is 0.149. The predicted octanol–water partition coefficient (Wildman–Crippen LogP) is 3.07. The SMILES string of the molecule is Cc1cc(Cl)cc(CCC2(N)CC2)c1. The molecule has 0 saturated heterocycles. The van der Waals surface area contributed by atoms with Crippen LogP contribution < -0.4 is 5.73 Å². The Bertz CT molecular complexity index is 322. The largest absolute Gasteiger partial charge is 0.325 e. The van der Waals surface area contributed by atoms with Gasteiger partial charge in [0.15, 0.2) is 0 Å². The van der Waals surface area contributed by atoms with Crippen LogP contribution in [0.4, 0.5) is 0 Å². The first-order valence-electron chi connectivity index (χ1n) is 5.12. The maximum atomic E-state index is 6.04. The van der Waals surface area contributed by atoms with Gasteiger partial charge >= 0.3 is 0 Å². The fourth-order valence-electron chi connectivity index (χ4n) is 1.76. The van der Waals surface area contributed by atoms with Crippen LogP contribution in [0.25, 0.3) is 0 Å². The second-order valence-corrected chi connectivity index (χ2v) is 4.94. The molecule has 2 heteroatoms. The molecule has 1 aromatic carbocycles. The van der Waals surface area contributed by atoms with Gasteiger partial charge < -0.3 is 5.73 Å². The van der Waals surface area contributed by atoms with Crippen molar-refractivity contribution in [1.82, 2.24) is 0 Å². The average Bonchev–Trinajstić information content (AvgIpc) is 2.80. The summed E-state index contributed by atoms with van der Waals surface area (Å²) in [5, 5.41) is 0.835. The second kappa shape index (κ2) is 3.56. The summed E-state index contributed by atoms with van der Waals surface area (Å²) in [5.41, 5.74) is 8.73. The van der Waals surface area contributed by atoms with Crippen LogP contribution in [0.15, 0.2) is 18.2 Å². The minimum atomic E-state index is 0.149. The molecule has 0 heterocycles. The zero-order valence-electron chi connectivity index (χ0n) is 8.52. The van der Waals surface area contributed by atoms with Gasteiger partial charge in [0, 0.05) is 10.6 Å². The van der Waals surface area contributed by atoms with E-state index in [0.29, 0.717) is 0 Å². The van der Waals surface area contributed by atoms with E-state index in [1.165, 1.54) is 24.0 Å². The Morgan fingerprint density at radius 3 is 2.64 bits per heavy atom. The van der Waals surface area contributed by atoms with E-state index < -0.39 is 0 Å². The van der Waals surface area contributed by atoms with Crippen molar-refractivity contribution in [3.8, 4) is 0 Å². The van der Waals surface area contributed by atoms with Crippen LogP contribution in [-0.4, -0.2) is 5.54 Å². The fraction of sp³-hybridized carbons (Fsp3) is 0.500. The van der Waals surface area contributed by atoms with E-state index in [9.17, 15) is 0 Å². The van der Waals surface area contributed by atoms with Crippen LogP contribution in [0.3, 0.4) is 0 Å². The molecular weight excluding hydrogens is 194 g/mol. The molecule has 2 rings (SSSR count). The van der Waals surface area contributed by atoms with Crippen molar-refractivity contribution < 1.29 is 0 Å². The molecule has 0 atom stereocenters. The molecule has 0 bridgehead atoms. The molecule has 1 saturated carbocycles. The van der Waals surface area contributed by atoms with Gasteiger partial charge in [-0.1, -0.05) is 17.7 Å². The molecule has 0 spiro atoms. The number of hydrogen-bond donors (Lipinski definition) is 1. The van der Waals surface area contributed by atoms with E-state index in [4.69, 9.17) is 17.3 Å². The summed E-state index contributed by atoms with van der Waals surface area (Å²) >= 11 is 5.98. The standard InChI is InChI=1S/C12H16ClN/c1-9-6-10(8-11(13)7-9)2-3-12(14)4-5-12/h6-8H,2-5,14H2,1H3. The van der Waals surface area contributed by atoms with Crippen LogP contribution in [-0.2, 0) is 6.42 Å². The van der Waals surface area contributed by atoms with Gasteiger partial charge in [0.05, 0.1) is 0 Å². The van der Waals surface area contributed by atoms with E-state index in [1.54, 1.807) is 0 Å². The molecule has 76 valence electrons. The summed E-state index contributed by atoms with van der Waals surface area (Å²) in [6, 6.07) is 6.22. The van der Waals surface area contributed by atoms with Crippen LogP contribution in [0.1, 0.15) is 30.4 Å². The van der Waals surface area contributed by atoms with Gasteiger partial charge in [-0.25, -0.2) is 0 Å². The topological polar surface area (TPSA) is 26.0 Å². The van der Waals surface area contributed by atoms with Crippen molar-refractivity contribution >= 4 is 11.6 Å². The molecule has 14 heavy (non-hydrogen) atoms. The Kier molecular flexibility index (Phi) is 2.54. The van der Waals surface area contributed by atoms with E-state index in [2.05, 4.69) is 13.0 Å². The van der Waals surface area contributed by atoms with Crippen molar-refractivity contribution in [3.05, 3.63) is 34.3 Å². The summed E-state index contributed by atoms with van der Waals surface area (Å²) < 4.78 is 0. The predicted molar refractivity (Wildman–Crippen MR) is 60.7 cm³/mol. The molecule has 2 N–H and O–H groups in total. The fourth-order valence-corrected chi connectivity index (χ4v) is 2.07. The molecule has 0 radical (unpaired) electrons. The summed E-state index contributed by atoms with van der Waals surface area (Å²) in [4.78, 5) is 0. The molecule has 1 aliphatic carbocycles. The van der Waals surface area contributed by atoms with E-state index in [-0.39, 0.29) is 5.54 Å². The van der Waals surface area contributed by atoms with E-state index >= 15 is 0 Å². The van der Waals surface area contributed by atoms with Crippen molar-refractivity contribution in [2.45, 2.75) is 38.1 Å². The van der Waals surface area contributed by atoms with Gasteiger partial charge in [-0.2, -0.15) is 0 Å². The lowest BCUT2D eigenvalue weighted by Gasteiger charge is -2.08. The van der Waals surface area contributed by atoms with Gasteiger partial charge in [0.2, 0.25) is 0 Å². The Balaban J connectivity index is 2.01. The third-order valence-corrected chi connectivity index (χ3v) is 3.12. The Morgan fingerprint density at radius 1 is 1.36 bits per heavy atom. The van der Waals surface area contributed by atoms with Crippen molar-refractivity contribution in [2.75, 3.05) is 0 Å². The van der Waals surface area contributed by atoms with Crippen LogP contribution in [0, 0.1) is 6.92 Å². The molecule has 1 fully saturated rings. The lowest BCUT2D eigenvalue weighted by molar-refractivity contribution is 0.609. The third-order valence-electron chi connectivity index (χ3n) is 2.91. The zero-order valence-corrected chi connectivity index (χ0v) is 9.27. The average molecular weight is 210 g/mol. The Labute approximate surface area is 90.3 Å². The van der Waals surface area contributed by atoms with Crippen molar-refractivity contribution in [3.63, 3.8) is 0 Å². The first-order chi connectivity index (χ1) is 6.57. The van der Waals surface area contributed by atoms with Crippen LogP contribution >= 0.6 is 11.6 Å². The molecule has 1 aromatic rings. The number of nitrogens with two attached hydrogens (primary N) is 1. The first kappa shape index (κ1) is 10.0. The monoisotopic (exact) mass is 209 g/mol. The lowest BCUT2D eigenvalue weighted by atomic mass is 10.0. The quantitative estimate of drug-likeness (QED) is 0.814. The van der Waals surface area contributed by atoms with Gasteiger partial charge in [0.1, 0.15) is 0 Å². The first-order valence-corrected chi connectivity index (χ1v) is 5.50. The number of rotatable bonds is 3. The van der Waals surface area contributed by atoms with Gasteiger partial charge in [-0.3, -0.25) is 0 Å². The highest BCUT2D eigenvalue weighted by atomic mass is 35.5. The maximum absolute atomic E-state index is 6.04. The molecular formula is C12H16ClN. The van der Waals surface area contributed by atoms with Crippen LogP contribution in [0.5, 0.6) is 0 Å². The number of halogens is 1. The molecule has 1 aliphatic rings. The molecule has 0 amide bonds. The zero-order chi connectivity index (χ0) is 10.2. The van der Waals surface area contributed by atoms with Crippen molar-refractivity contribution in [2.24, 2.45) is 5.73 Å². The molecule has 1 nitrogen and oxygen atoms in total. The second-order valence-electron chi connectivity index (χ2n) is 4.50. The number of aryl methyl sites for hydroxylation is 2. The minimum Gasteiger partial charge on any atom is -0.325 e. The normalized spacial score (nSPS) is 18.2. The summed E-state index contributed by atoms with van der Waals surface area (Å²) in [5.74, 6) is 0. The van der Waals surface area contributed by atoms with E-state index in [0.717, 1.165) is 17.9 Å². The molecule has 0 unspecified atom stereocenters. The summed E-state index contributed by atoms with van der Waals surface area (Å²) in [7, 11) is 0. The molecule has 0 aromatic heterocycles. The van der Waals surface area contributed by atoms with Crippen LogP contribution in [0.2, 0.25) is 5.02 Å². The smallest absolute Gasteiger partial charge is 0.0411 e. The highest BCUT2D eigenvalue weighted by Crippen LogP contribution is 2.36. The number of hydrogen-bond acceptors (Lipinski definition) is 1. The highest BCUT2D eigenvalue weighted by Gasteiger charge is 2.37. The summed E-state index contributed by atoms with van der Waals surface area (Å²) in [6.07, 6.45) is 4.52. The molecule has 0 aliphatic heterocycles. The Morgan fingerprint density at radius 2 is 2.07 bits per heavy atom.